The second kappa shape index (κ2) is 17.4. The predicted octanol–water partition coefficient (Wildman–Crippen LogP) is 15.3. The van der Waals surface area contributed by atoms with E-state index in [0.29, 0.717) is 5.92 Å². The second-order valence-electron chi connectivity index (χ2n) is 15.4. The lowest BCUT2D eigenvalue weighted by atomic mass is 9.97. The Morgan fingerprint density at radius 3 is 1.90 bits per heavy atom. The zero-order chi connectivity index (χ0) is 41.0. The average molecular weight is 814 g/mol. The molecule has 294 valence electrons. The first-order valence-corrected chi connectivity index (χ1v) is 21.8. The molecule has 2 aromatic heterocycles. The van der Waals surface area contributed by atoms with Crippen molar-refractivity contribution in [3.63, 3.8) is 0 Å². The smallest absolute Gasteiger partial charge is 0.0871 e. The number of benzene rings is 8. The molecule has 0 amide bonds. The summed E-state index contributed by atoms with van der Waals surface area (Å²) in [5.41, 5.74) is 16.0. The molecule has 0 spiro atoms. The van der Waals surface area contributed by atoms with Crippen LogP contribution in [0.15, 0.2) is 205 Å². The van der Waals surface area contributed by atoms with Gasteiger partial charge in [-0.05, 0) is 93.0 Å². The third-order valence-electron chi connectivity index (χ3n) is 11.2. The zero-order valence-electron chi connectivity index (χ0n) is 34.0. The maximum atomic E-state index is 4.34. The summed E-state index contributed by atoms with van der Waals surface area (Å²) in [6.45, 7) is 4.35. The van der Waals surface area contributed by atoms with Crippen molar-refractivity contribution in [2.45, 2.75) is 30.7 Å². The Balaban J connectivity index is 0.000000408. The van der Waals surface area contributed by atoms with E-state index in [4.69, 9.17) is 0 Å². The van der Waals surface area contributed by atoms with E-state index >= 15 is 0 Å². The summed E-state index contributed by atoms with van der Waals surface area (Å²) in [4.78, 5) is 1.09. The highest BCUT2D eigenvalue weighted by atomic mass is 32.1. The Kier molecular flexibility index (Phi) is 11.3. The van der Waals surface area contributed by atoms with Gasteiger partial charge in [0.1, 0.15) is 0 Å². The fourth-order valence-corrected chi connectivity index (χ4v) is 9.84. The molecule has 10 aromatic rings. The maximum Gasteiger partial charge on any atom is 0.0871 e. The molecule has 0 bridgehead atoms. The molecule has 3 nitrogen and oxygen atoms in total. The van der Waals surface area contributed by atoms with E-state index in [1.807, 2.05) is 36.7 Å². The first-order valence-electron chi connectivity index (χ1n) is 20.5. The number of para-hydroxylation sites is 1. The minimum absolute atomic E-state index is 0.0826. The molecule has 10 rings (SSSR count). The third-order valence-corrected chi connectivity index (χ3v) is 12.9. The molecule has 0 aliphatic carbocycles. The monoisotopic (exact) mass is 813 g/mol. The molecule has 5 heteroatoms. The number of fused-ring (bicyclic) bond motifs is 6. The molecule has 0 aliphatic rings. The Hall–Kier alpha value is -6.53. The molecule has 0 saturated carbocycles. The van der Waals surface area contributed by atoms with Gasteiger partial charge in [0.25, 0.3) is 0 Å². The van der Waals surface area contributed by atoms with E-state index < -0.39 is 0 Å². The number of hydrogen-bond acceptors (Lipinski definition) is 4. The minimum atomic E-state index is -0.0826. The standard InChI is InChI=1S/C46H35N3S.C9H12S/c1-47-28-27-42(33-23-21-32(22-24-33)35-14-9-13-34(29-35)31-11-3-2-4-12-31)48-49-43-19-7-5-15-38(43)39-26-25-36(30-44(39)49)37-17-10-18-41-40-16-6-8-20-45(40)50-46(37)41;1-7(2)8-5-3-4-6-9(8)10/h2-30,42,47-48H,1H3;3-7,10H,1-2H3/b28-27-;. The lowest BCUT2D eigenvalue weighted by Gasteiger charge is -2.20. The van der Waals surface area contributed by atoms with Gasteiger partial charge in [0, 0.05) is 42.9 Å². The van der Waals surface area contributed by atoms with Crippen LogP contribution < -0.4 is 10.7 Å². The van der Waals surface area contributed by atoms with Crippen LogP contribution in [0.4, 0.5) is 0 Å². The molecule has 60 heavy (non-hydrogen) atoms. The van der Waals surface area contributed by atoms with Gasteiger partial charge in [-0.1, -0.05) is 172 Å². The minimum Gasteiger partial charge on any atom is -0.394 e. The Bertz CT molecular complexity index is 3100. The molecular weight excluding hydrogens is 767 g/mol. The lowest BCUT2D eigenvalue weighted by molar-refractivity contribution is 0.812. The van der Waals surface area contributed by atoms with Crippen LogP contribution in [0.25, 0.3) is 75.4 Å². The van der Waals surface area contributed by atoms with Crippen LogP contribution in [0, 0.1) is 0 Å². The lowest BCUT2D eigenvalue weighted by Crippen LogP contribution is -2.20. The van der Waals surface area contributed by atoms with Crippen molar-refractivity contribution < 1.29 is 0 Å². The molecule has 1 unspecified atom stereocenters. The first-order chi connectivity index (χ1) is 29.5. The van der Waals surface area contributed by atoms with Gasteiger partial charge in [-0.2, -0.15) is 0 Å². The van der Waals surface area contributed by atoms with Gasteiger partial charge < -0.3 is 10.7 Å². The third kappa shape index (κ3) is 7.82. The van der Waals surface area contributed by atoms with Crippen LogP contribution in [-0.4, -0.2) is 11.7 Å². The summed E-state index contributed by atoms with van der Waals surface area (Å²) in [7, 11) is 1.94. The van der Waals surface area contributed by atoms with Crippen LogP contribution in [0.1, 0.15) is 36.9 Å². The van der Waals surface area contributed by atoms with E-state index in [1.54, 1.807) is 0 Å². The molecule has 0 radical (unpaired) electrons. The van der Waals surface area contributed by atoms with Crippen molar-refractivity contribution in [3.05, 3.63) is 211 Å². The fraction of sp³-hybridized carbons (Fsp3) is 0.0909. The molecular formula is C55H47N3S2. The number of nitrogens with one attached hydrogen (secondary N) is 2. The number of nitrogens with zero attached hydrogens (tertiary/aromatic N) is 1. The van der Waals surface area contributed by atoms with Crippen LogP contribution >= 0.6 is 24.0 Å². The summed E-state index contributed by atoms with van der Waals surface area (Å²) >= 11 is 6.21. The average Bonchev–Trinajstić information content (AvgIpc) is 3.84. The van der Waals surface area contributed by atoms with Gasteiger partial charge in [-0.3, -0.25) is 4.68 Å². The van der Waals surface area contributed by atoms with E-state index in [1.165, 1.54) is 75.5 Å². The van der Waals surface area contributed by atoms with E-state index in [9.17, 15) is 0 Å². The number of rotatable bonds is 9. The van der Waals surface area contributed by atoms with Crippen LogP contribution in [0.2, 0.25) is 0 Å². The van der Waals surface area contributed by atoms with Crippen LogP contribution in [0.3, 0.4) is 0 Å². The number of thiophene rings is 1. The maximum absolute atomic E-state index is 4.34. The highest BCUT2D eigenvalue weighted by Gasteiger charge is 2.17. The van der Waals surface area contributed by atoms with E-state index in [0.717, 1.165) is 15.9 Å². The Labute approximate surface area is 362 Å². The molecule has 2 heterocycles. The topological polar surface area (TPSA) is 29.0 Å². The van der Waals surface area contributed by atoms with Crippen molar-refractivity contribution >= 4 is 65.9 Å². The number of thiol groups is 1. The quantitative estimate of drug-likeness (QED) is 0.127. The van der Waals surface area contributed by atoms with Gasteiger partial charge in [0.15, 0.2) is 0 Å². The zero-order valence-corrected chi connectivity index (χ0v) is 35.7. The highest BCUT2D eigenvalue weighted by molar-refractivity contribution is 7.80. The summed E-state index contributed by atoms with van der Waals surface area (Å²) in [6.07, 6.45) is 4.20. The van der Waals surface area contributed by atoms with Crippen molar-refractivity contribution in [2.24, 2.45) is 0 Å². The van der Waals surface area contributed by atoms with Crippen molar-refractivity contribution in [1.29, 1.82) is 0 Å². The van der Waals surface area contributed by atoms with Crippen molar-refractivity contribution in [1.82, 2.24) is 9.99 Å². The summed E-state index contributed by atoms with van der Waals surface area (Å²) in [5, 5.41) is 8.30. The summed E-state index contributed by atoms with van der Waals surface area (Å²) < 4.78 is 4.93. The Morgan fingerprint density at radius 2 is 1.15 bits per heavy atom. The fourth-order valence-electron chi connectivity index (χ4n) is 8.18. The van der Waals surface area contributed by atoms with Gasteiger partial charge in [0.2, 0.25) is 0 Å². The number of aromatic nitrogens is 1. The van der Waals surface area contributed by atoms with Gasteiger partial charge >= 0.3 is 0 Å². The van der Waals surface area contributed by atoms with Crippen LogP contribution in [-0.2, 0) is 0 Å². The molecule has 8 aromatic carbocycles. The highest BCUT2D eigenvalue weighted by Crippen LogP contribution is 2.41. The van der Waals surface area contributed by atoms with Crippen molar-refractivity contribution in [3.8, 4) is 33.4 Å². The summed E-state index contributed by atoms with van der Waals surface area (Å²) in [5.74, 6) is 0.577. The molecule has 0 fully saturated rings. The molecule has 2 N–H and O–H groups in total. The molecule has 0 saturated heterocycles. The largest absolute Gasteiger partial charge is 0.394 e. The van der Waals surface area contributed by atoms with Gasteiger partial charge in [-0.15, -0.1) is 24.0 Å². The SMILES string of the molecule is CC(C)c1ccccc1S.CN/C=C\C(Nn1c2ccccc2c2ccc(-c3cccc4c3sc3ccccc34)cc21)c1ccc(-c2cccc(-c3ccccc3)c2)cc1. The summed E-state index contributed by atoms with van der Waals surface area (Å²) in [6, 6.07) is 67.4. The predicted molar refractivity (Wildman–Crippen MR) is 263 cm³/mol. The normalized spacial score (nSPS) is 12.0. The Morgan fingerprint density at radius 1 is 0.533 bits per heavy atom. The molecule has 0 aliphatic heterocycles. The van der Waals surface area contributed by atoms with Crippen LogP contribution in [0.5, 0.6) is 0 Å². The first kappa shape index (κ1) is 39.0. The van der Waals surface area contributed by atoms with E-state index in [-0.39, 0.29) is 6.04 Å². The second-order valence-corrected chi connectivity index (χ2v) is 16.9. The van der Waals surface area contributed by atoms with Gasteiger partial charge in [0.05, 0.1) is 17.1 Å². The van der Waals surface area contributed by atoms with E-state index in [2.05, 4.69) is 224 Å². The van der Waals surface area contributed by atoms with Gasteiger partial charge in [-0.25, -0.2) is 0 Å². The van der Waals surface area contributed by atoms with Crippen molar-refractivity contribution in [2.75, 3.05) is 12.5 Å². The molecule has 1 atom stereocenters. The number of hydrogen-bond donors (Lipinski definition) is 3.